The molecule has 0 unspecified atom stereocenters. The second-order valence-electron chi connectivity index (χ2n) is 5.57. The van der Waals surface area contributed by atoms with Gasteiger partial charge >= 0.3 is 21.7 Å². The van der Waals surface area contributed by atoms with Crippen LogP contribution in [-0.2, 0) is 27.1 Å². The van der Waals surface area contributed by atoms with Gasteiger partial charge in [0.2, 0.25) is 0 Å². The van der Waals surface area contributed by atoms with E-state index in [1.807, 2.05) is 0 Å². The van der Waals surface area contributed by atoms with E-state index in [2.05, 4.69) is 71.0 Å². The minimum atomic E-state index is 0. The molecule has 21 heavy (non-hydrogen) atoms. The van der Waals surface area contributed by atoms with Gasteiger partial charge in [0.05, 0.1) is 0 Å². The summed E-state index contributed by atoms with van der Waals surface area (Å²) in [7, 11) is 0. The largest absolute Gasteiger partial charge is 4.00 e. The minimum absolute atomic E-state index is 0. The standard InChI is InChI=1S/C17H21.3ClH.Ti/c1-12-10-13(2)16(14(3)11-12)17(4,5)15-8-6-7-9-15;;;;/h6-11H,1-5H3;3*1H;/q-1;;;;+4/p-3. The molecule has 0 heterocycles. The Morgan fingerprint density at radius 1 is 0.810 bits per heavy atom. The van der Waals surface area contributed by atoms with Gasteiger partial charge in [0.15, 0.2) is 0 Å². The maximum Gasteiger partial charge on any atom is 4.00 e. The first-order chi connectivity index (χ1) is 7.93. The molecule has 0 nitrogen and oxygen atoms in total. The fourth-order valence-corrected chi connectivity index (χ4v) is 3.10. The molecule has 0 atom stereocenters. The van der Waals surface area contributed by atoms with Crippen LogP contribution in [0.15, 0.2) is 36.4 Å². The third-order valence-corrected chi connectivity index (χ3v) is 3.69. The van der Waals surface area contributed by atoms with E-state index in [-0.39, 0.29) is 64.4 Å². The summed E-state index contributed by atoms with van der Waals surface area (Å²) >= 11 is 0. The van der Waals surface area contributed by atoms with Gasteiger partial charge in [-0.25, -0.2) is 12.1 Å². The van der Waals surface area contributed by atoms with Crippen molar-refractivity contribution in [1.82, 2.24) is 0 Å². The first-order valence-corrected chi connectivity index (χ1v) is 6.23. The third-order valence-electron chi connectivity index (χ3n) is 3.69. The summed E-state index contributed by atoms with van der Waals surface area (Å²) in [6.07, 6.45) is 0. The van der Waals surface area contributed by atoms with Crippen molar-refractivity contribution in [2.75, 3.05) is 0 Å². The zero-order chi connectivity index (χ0) is 12.6. The van der Waals surface area contributed by atoms with Crippen molar-refractivity contribution < 1.29 is 58.9 Å². The number of benzene rings is 1. The SMILES string of the molecule is Cc1cc(C)c(C(C)(C)[c-]2cccc2)c(C)c1.[Cl-].[Cl-].[Cl-].[Ti+4]. The molecule has 0 N–H and O–H groups in total. The molecule has 0 aliphatic heterocycles. The van der Waals surface area contributed by atoms with Gasteiger partial charge in [0.25, 0.3) is 0 Å². The van der Waals surface area contributed by atoms with Crippen LogP contribution in [0.25, 0.3) is 0 Å². The molecule has 0 aliphatic carbocycles. The van der Waals surface area contributed by atoms with Crippen LogP contribution in [0.5, 0.6) is 0 Å². The Kier molecular flexibility index (Phi) is 12.5. The van der Waals surface area contributed by atoms with E-state index in [0.717, 1.165) is 0 Å². The van der Waals surface area contributed by atoms with Gasteiger partial charge in [-0.3, -0.25) is 0 Å². The van der Waals surface area contributed by atoms with Crippen LogP contribution in [-0.4, -0.2) is 0 Å². The molecule has 0 bridgehead atoms. The van der Waals surface area contributed by atoms with Gasteiger partial charge < -0.3 is 37.2 Å². The van der Waals surface area contributed by atoms with Crippen LogP contribution in [0.2, 0.25) is 0 Å². The van der Waals surface area contributed by atoms with E-state index in [0.29, 0.717) is 0 Å². The third kappa shape index (κ3) is 5.37. The molecule has 0 radical (unpaired) electrons. The Balaban J connectivity index is -0.000000810. The van der Waals surface area contributed by atoms with E-state index >= 15 is 0 Å². The topological polar surface area (TPSA) is 0 Å². The van der Waals surface area contributed by atoms with Gasteiger partial charge in [-0.05, 0) is 42.9 Å². The van der Waals surface area contributed by atoms with E-state index in [1.54, 1.807) is 0 Å². The van der Waals surface area contributed by atoms with Gasteiger partial charge in [0, 0.05) is 0 Å². The van der Waals surface area contributed by atoms with Crippen molar-refractivity contribution in [3.63, 3.8) is 0 Å². The van der Waals surface area contributed by atoms with Crippen molar-refractivity contribution in [3.05, 3.63) is 64.2 Å². The van der Waals surface area contributed by atoms with Gasteiger partial charge in [-0.15, -0.1) is 5.56 Å². The van der Waals surface area contributed by atoms with Crippen molar-refractivity contribution in [2.45, 2.75) is 40.0 Å². The van der Waals surface area contributed by atoms with Gasteiger partial charge in [-0.1, -0.05) is 31.5 Å². The monoisotopic (exact) mass is 378 g/mol. The number of hydrogen-bond acceptors (Lipinski definition) is 0. The average Bonchev–Trinajstić information content (AvgIpc) is 2.67. The Hall–Kier alpha value is 0.154. The summed E-state index contributed by atoms with van der Waals surface area (Å²) in [5, 5.41) is 0. The second-order valence-corrected chi connectivity index (χ2v) is 5.57. The molecule has 0 aliphatic rings. The fraction of sp³-hybridized carbons (Fsp3) is 0.353. The van der Waals surface area contributed by atoms with Crippen molar-refractivity contribution in [1.29, 1.82) is 0 Å². The molecule has 0 saturated heterocycles. The normalized spacial score (nSPS) is 9.57. The smallest absolute Gasteiger partial charge is 1.00 e. The van der Waals surface area contributed by atoms with Crippen molar-refractivity contribution in [2.24, 2.45) is 0 Å². The van der Waals surface area contributed by atoms with Crippen LogP contribution < -0.4 is 37.2 Å². The molecule has 2 aromatic rings. The van der Waals surface area contributed by atoms with Crippen LogP contribution in [0, 0.1) is 20.8 Å². The molecule has 0 fully saturated rings. The van der Waals surface area contributed by atoms with Crippen molar-refractivity contribution >= 4 is 0 Å². The second kappa shape index (κ2) is 10.0. The number of rotatable bonds is 2. The summed E-state index contributed by atoms with van der Waals surface area (Å²) in [5.74, 6) is 0. The number of halogens is 3. The van der Waals surface area contributed by atoms with Crippen LogP contribution >= 0.6 is 0 Å². The van der Waals surface area contributed by atoms with Gasteiger partial charge in [0.1, 0.15) is 0 Å². The van der Waals surface area contributed by atoms with E-state index in [4.69, 9.17) is 0 Å². The predicted octanol–water partition coefficient (Wildman–Crippen LogP) is -4.33. The molecule has 0 saturated carbocycles. The van der Waals surface area contributed by atoms with Crippen LogP contribution in [0.3, 0.4) is 0 Å². The average molecular weight is 380 g/mol. The first kappa shape index (κ1) is 26.1. The molecule has 4 heteroatoms. The summed E-state index contributed by atoms with van der Waals surface area (Å²) in [4.78, 5) is 0. The Bertz CT molecular complexity index is 508. The number of hydrogen-bond donors (Lipinski definition) is 0. The molecule has 0 amide bonds. The van der Waals surface area contributed by atoms with E-state index < -0.39 is 0 Å². The zero-order valence-electron chi connectivity index (χ0n) is 13.1. The molecule has 0 spiro atoms. The molecular formula is C17H21Cl3Ti. The van der Waals surface area contributed by atoms with Crippen LogP contribution in [0.4, 0.5) is 0 Å². The first-order valence-electron chi connectivity index (χ1n) is 6.23. The fourth-order valence-electron chi connectivity index (χ4n) is 3.10. The maximum absolute atomic E-state index is 2.31. The van der Waals surface area contributed by atoms with Crippen LogP contribution in [0.1, 0.15) is 41.7 Å². The Morgan fingerprint density at radius 3 is 1.57 bits per heavy atom. The van der Waals surface area contributed by atoms with Crippen molar-refractivity contribution in [3.8, 4) is 0 Å². The van der Waals surface area contributed by atoms with E-state index in [9.17, 15) is 0 Å². The summed E-state index contributed by atoms with van der Waals surface area (Å²) in [6, 6.07) is 13.3. The summed E-state index contributed by atoms with van der Waals surface area (Å²) in [5.41, 5.74) is 7.09. The summed E-state index contributed by atoms with van der Waals surface area (Å²) < 4.78 is 0. The minimum Gasteiger partial charge on any atom is -1.00 e. The quantitative estimate of drug-likeness (QED) is 0.366. The zero-order valence-corrected chi connectivity index (χ0v) is 16.9. The van der Waals surface area contributed by atoms with Gasteiger partial charge in [-0.2, -0.15) is 12.1 Å². The maximum atomic E-state index is 2.31. The molecule has 0 aromatic heterocycles. The number of aryl methyl sites for hydroxylation is 3. The molecule has 114 valence electrons. The Morgan fingerprint density at radius 2 is 1.19 bits per heavy atom. The predicted molar refractivity (Wildman–Crippen MR) is 74.8 cm³/mol. The molecule has 2 aromatic carbocycles. The summed E-state index contributed by atoms with van der Waals surface area (Å²) in [6.45, 7) is 11.2. The Labute approximate surface area is 162 Å². The van der Waals surface area contributed by atoms with E-state index in [1.165, 1.54) is 27.8 Å². The molecular weight excluding hydrogens is 358 g/mol. The molecule has 2 rings (SSSR count).